The summed E-state index contributed by atoms with van der Waals surface area (Å²) < 4.78 is 25.8. The van der Waals surface area contributed by atoms with Gasteiger partial charge in [-0.05, 0) is 6.92 Å². The van der Waals surface area contributed by atoms with Crippen LogP contribution in [0.4, 0.5) is 8.78 Å². The topological polar surface area (TPSA) is 44.0 Å². The standard InChI is InChI=1S/C8H10F2N2O2/c1-2-11-4-3-7(13)12(8(11)14)5-6(9)10/h3-4,6H,2,5H2,1H3. The molecule has 1 aromatic heterocycles. The van der Waals surface area contributed by atoms with Crippen LogP contribution in [-0.4, -0.2) is 15.6 Å². The van der Waals surface area contributed by atoms with Crippen LogP contribution in [-0.2, 0) is 13.1 Å². The van der Waals surface area contributed by atoms with E-state index in [1.807, 2.05) is 0 Å². The lowest BCUT2D eigenvalue weighted by Crippen LogP contribution is -2.40. The van der Waals surface area contributed by atoms with Gasteiger partial charge in [-0.2, -0.15) is 0 Å². The van der Waals surface area contributed by atoms with Crippen molar-refractivity contribution in [2.75, 3.05) is 0 Å². The molecule has 0 unspecified atom stereocenters. The van der Waals surface area contributed by atoms with Gasteiger partial charge in [0.05, 0.1) is 6.54 Å². The van der Waals surface area contributed by atoms with Crippen molar-refractivity contribution in [3.63, 3.8) is 0 Å². The first-order chi connectivity index (χ1) is 6.56. The lowest BCUT2D eigenvalue weighted by molar-refractivity contribution is 0.122. The van der Waals surface area contributed by atoms with Crippen molar-refractivity contribution in [1.82, 2.24) is 9.13 Å². The third-order valence-electron chi connectivity index (χ3n) is 1.80. The first kappa shape index (κ1) is 10.6. The first-order valence-electron chi connectivity index (χ1n) is 4.14. The van der Waals surface area contributed by atoms with Crippen LogP contribution in [0.3, 0.4) is 0 Å². The highest BCUT2D eigenvalue weighted by Crippen LogP contribution is 1.92. The molecule has 78 valence electrons. The zero-order valence-corrected chi connectivity index (χ0v) is 7.61. The molecule has 0 aliphatic rings. The first-order valence-corrected chi connectivity index (χ1v) is 4.14. The normalized spacial score (nSPS) is 10.9. The fraction of sp³-hybridized carbons (Fsp3) is 0.500. The number of hydrogen-bond donors (Lipinski definition) is 0. The van der Waals surface area contributed by atoms with Gasteiger partial charge in [-0.1, -0.05) is 0 Å². The average molecular weight is 204 g/mol. The van der Waals surface area contributed by atoms with Crippen molar-refractivity contribution in [3.8, 4) is 0 Å². The minimum Gasteiger partial charge on any atom is -0.301 e. The summed E-state index contributed by atoms with van der Waals surface area (Å²) in [6.45, 7) is 1.19. The number of alkyl halides is 2. The molecule has 1 rings (SSSR count). The number of nitrogens with zero attached hydrogens (tertiary/aromatic N) is 2. The molecular weight excluding hydrogens is 194 g/mol. The fourth-order valence-electron chi connectivity index (χ4n) is 1.10. The molecule has 4 nitrogen and oxygen atoms in total. The van der Waals surface area contributed by atoms with Crippen molar-refractivity contribution in [3.05, 3.63) is 33.1 Å². The Morgan fingerprint density at radius 2 is 2.07 bits per heavy atom. The van der Waals surface area contributed by atoms with Gasteiger partial charge in [0.15, 0.2) is 0 Å². The molecule has 0 aliphatic heterocycles. The monoisotopic (exact) mass is 204 g/mol. The second kappa shape index (κ2) is 4.17. The average Bonchev–Trinajstić information content (AvgIpc) is 2.12. The Kier molecular flexibility index (Phi) is 3.16. The van der Waals surface area contributed by atoms with Crippen LogP contribution in [0.5, 0.6) is 0 Å². The van der Waals surface area contributed by atoms with Crippen molar-refractivity contribution >= 4 is 0 Å². The molecule has 1 heterocycles. The Bertz CT molecular complexity index is 422. The van der Waals surface area contributed by atoms with Gasteiger partial charge in [0.1, 0.15) is 0 Å². The number of rotatable bonds is 3. The summed E-state index contributed by atoms with van der Waals surface area (Å²) in [7, 11) is 0. The number of aromatic nitrogens is 2. The maximum Gasteiger partial charge on any atom is 0.331 e. The third-order valence-corrected chi connectivity index (χ3v) is 1.80. The van der Waals surface area contributed by atoms with Gasteiger partial charge < -0.3 is 4.57 Å². The van der Waals surface area contributed by atoms with Gasteiger partial charge in [-0.15, -0.1) is 0 Å². The predicted octanol–water partition coefficient (Wildman–Crippen LogP) is 0.295. The number of hydrogen-bond acceptors (Lipinski definition) is 2. The van der Waals surface area contributed by atoms with Gasteiger partial charge >= 0.3 is 5.69 Å². The van der Waals surface area contributed by atoms with Gasteiger partial charge in [0, 0.05) is 18.8 Å². The van der Waals surface area contributed by atoms with E-state index in [0.717, 1.165) is 6.07 Å². The minimum atomic E-state index is -2.70. The van der Waals surface area contributed by atoms with Crippen LogP contribution < -0.4 is 11.2 Å². The Morgan fingerprint density at radius 1 is 1.43 bits per heavy atom. The second-order valence-electron chi connectivity index (χ2n) is 2.72. The summed E-state index contributed by atoms with van der Waals surface area (Å²) in [5, 5.41) is 0. The predicted molar refractivity (Wildman–Crippen MR) is 46.6 cm³/mol. The summed E-state index contributed by atoms with van der Waals surface area (Å²) in [5.41, 5.74) is -1.39. The van der Waals surface area contributed by atoms with E-state index in [2.05, 4.69) is 0 Å². The van der Waals surface area contributed by atoms with Crippen molar-refractivity contribution in [2.45, 2.75) is 26.4 Å². The van der Waals surface area contributed by atoms with Crippen molar-refractivity contribution in [1.29, 1.82) is 0 Å². The van der Waals surface area contributed by atoms with Crippen LogP contribution in [0.2, 0.25) is 0 Å². The molecule has 1 aromatic rings. The maximum atomic E-state index is 12.0. The van der Waals surface area contributed by atoms with Crippen LogP contribution in [0, 0.1) is 0 Å². The molecule has 0 bridgehead atoms. The molecule has 0 N–H and O–H groups in total. The van der Waals surface area contributed by atoms with E-state index in [9.17, 15) is 18.4 Å². The van der Waals surface area contributed by atoms with E-state index in [0.29, 0.717) is 11.1 Å². The lowest BCUT2D eigenvalue weighted by Gasteiger charge is -2.06. The third kappa shape index (κ3) is 2.07. The van der Waals surface area contributed by atoms with E-state index < -0.39 is 24.2 Å². The van der Waals surface area contributed by atoms with Crippen LogP contribution in [0.15, 0.2) is 21.9 Å². The zero-order chi connectivity index (χ0) is 10.7. The summed E-state index contributed by atoms with van der Waals surface area (Å²) in [6.07, 6.45) is -1.40. The fourth-order valence-corrected chi connectivity index (χ4v) is 1.10. The number of halogens is 2. The minimum absolute atomic E-state index is 0.350. The highest BCUT2D eigenvalue weighted by Gasteiger charge is 2.09. The van der Waals surface area contributed by atoms with Crippen LogP contribution in [0.25, 0.3) is 0 Å². The van der Waals surface area contributed by atoms with Crippen molar-refractivity contribution in [2.24, 2.45) is 0 Å². The van der Waals surface area contributed by atoms with Crippen LogP contribution >= 0.6 is 0 Å². The molecule has 14 heavy (non-hydrogen) atoms. The molecular formula is C8H10F2N2O2. The molecule has 0 amide bonds. The number of aryl methyl sites for hydroxylation is 1. The summed E-state index contributed by atoms with van der Waals surface area (Å²) in [5.74, 6) is 0. The SMILES string of the molecule is CCn1ccc(=O)n(CC(F)F)c1=O. The van der Waals surface area contributed by atoms with Gasteiger partial charge in [-0.25, -0.2) is 13.6 Å². The van der Waals surface area contributed by atoms with Gasteiger partial charge in [0.25, 0.3) is 12.0 Å². The molecule has 0 fully saturated rings. The molecule has 0 saturated heterocycles. The smallest absolute Gasteiger partial charge is 0.301 e. The highest BCUT2D eigenvalue weighted by molar-refractivity contribution is 4.86. The highest BCUT2D eigenvalue weighted by atomic mass is 19.3. The van der Waals surface area contributed by atoms with E-state index in [4.69, 9.17) is 0 Å². The largest absolute Gasteiger partial charge is 0.331 e. The van der Waals surface area contributed by atoms with Crippen LogP contribution in [0.1, 0.15) is 6.92 Å². The molecule has 0 aliphatic carbocycles. The van der Waals surface area contributed by atoms with Crippen molar-refractivity contribution < 1.29 is 8.78 Å². The van der Waals surface area contributed by atoms with E-state index in [1.54, 1.807) is 6.92 Å². The summed E-state index contributed by atoms with van der Waals surface area (Å²) >= 11 is 0. The lowest BCUT2D eigenvalue weighted by atomic mass is 10.5. The Balaban J connectivity index is 3.26. The molecule has 6 heteroatoms. The molecule has 0 radical (unpaired) electrons. The quantitative estimate of drug-likeness (QED) is 0.710. The van der Waals surface area contributed by atoms with Gasteiger partial charge in [-0.3, -0.25) is 9.36 Å². The summed E-state index contributed by atoms with van der Waals surface area (Å²) in [4.78, 5) is 22.4. The molecule has 0 saturated carbocycles. The van der Waals surface area contributed by atoms with E-state index in [-0.39, 0.29) is 0 Å². The van der Waals surface area contributed by atoms with Gasteiger partial charge in [0.2, 0.25) is 0 Å². The van der Waals surface area contributed by atoms with E-state index in [1.165, 1.54) is 10.8 Å². The Morgan fingerprint density at radius 3 is 2.57 bits per heavy atom. The Hall–Kier alpha value is -1.46. The zero-order valence-electron chi connectivity index (χ0n) is 7.61. The molecule has 0 aromatic carbocycles. The Labute approximate surface area is 78.4 Å². The van der Waals surface area contributed by atoms with E-state index >= 15 is 0 Å². The maximum absolute atomic E-state index is 12.0. The second-order valence-corrected chi connectivity index (χ2v) is 2.72. The molecule has 0 spiro atoms. The molecule has 0 atom stereocenters. The summed E-state index contributed by atoms with van der Waals surface area (Å²) in [6, 6.07) is 1.10.